The van der Waals surface area contributed by atoms with Crippen LogP contribution >= 0.6 is 24.0 Å². The highest BCUT2D eigenvalue weighted by Gasteiger charge is 2.21. The van der Waals surface area contributed by atoms with Crippen molar-refractivity contribution in [3.8, 4) is 0 Å². The molecular formula is C19H31IN4. The first kappa shape index (κ1) is 19.5. The van der Waals surface area contributed by atoms with Crippen LogP contribution in [0, 0.1) is 11.8 Å². The molecule has 5 heteroatoms. The Kier molecular flexibility index (Phi) is 7.81. The van der Waals surface area contributed by atoms with E-state index < -0.39 is 0 Å². The Morgan fingerprint density at radius 3 is 2.42 bits per heavy atom. The zero-order chi connectivity index (χ0) is 16.1. The van der Waals surface area contributed by atoms with Gasteiger partial charge in [0.25, 0.3) is 0 Å². The van der Waals surface area contributed by atoms with E-state index in [1.807, 2.05) is 0 Å². The van der Waals surface area contributed by atoms with Crippen molar-refractivity contribution in [2.24, 2.45) is 16.8 Å². The van der Waals surface area contributed by atoms with E-state index in [1.54, 1.807) is 0 Å². The summed E-state index contributed by atoms with van der Waals surface area (Å²) in [6.07, 6.45) is 2.51. The largest absolute Gasteiger partial charge is 0.356 e. The van der Waals surface area contributed by atoms with Crippen LogP contribution in [-0.2, 0) is 13.1 Å². The van der Waals surface area contributed by atoms with Crippen LogP contribution in [0.4, 0.5) is 0 Å². The summed E-state index contributed by atoms with van der Waals surface area (Å²) in [5.41, 5.74) is 2.73. The molecule has 0 radical (unpaired) electrons. The lowest BCUT2D eigenvalue weighted by atomic mass is 9.91. The molecule has 2 aliphatic rings. The van der Waals surface area contributed by atoms with Crippen molar-refractivity contribution >= 4 is 29.9 Å². The number of piperidine rings is 1. The van der Waals surface area contributed by atoms with Gasteiger partial charge in [0.15, 0.2) is 5.96 Å². The fraction of sp³-hybridized carbons (Fsp3) is 0.632. The molecule has 0 bridgehead atoms. The van der Waals surface area contributed by atoms with Gasteiger partial charge >= 0.3 is 0 Å². The monoisotopic (exact) mass is 442 g/mol. The Balaban J connectivity index is 0.00000208. The molecule has 2 aliphatic heterocycles. The van der Waals surface area contributed by atoms with Gasteiger partial charge in [0.05, 0.1) is 0 Å². The standard InChI is InChI=1S/C19H30N4.HI/c1-15-10-16(2)13-23(12-15)14-18-6-4-17(5-7-18)11-22-19-20-8-3-9-21-19;/h4-7,15-16H,3,8-14H2,1-2H3,(H2,20,21,22);1H. The summed E-state index contributed by atoms with van der Waals surface area (Å²) in [5, 5.41) is 6.67. The molecule has 1 fully saturated rings. The average molecular weight is 442 g/mol. The minimum absolute atomic E-state index is 0. The van der Waals surface area contributed by atoms with Crippen LogP contribution in [-0.4, -0.2) is 37.0 Å². The highest BCUT2D eigenvalue weighted by atomic mass is 127. The van der Waals surface area contributed by atoms with Crippen LogP contribution in [0.25, 0.3) is 0 Å². The van der Waals surface area contributed by atoms with Gasteiger partial charge in [0, 0.05) is 39.3 Å². The number of hydrogen-bond donors (Lipinski definition) is 2. The molecule has 0 aliphatic carbocycles. The third-order valence-corrected chi connectivity index (χ3v) is 4.73. The molecule has 1 saturated heterocycles. The zero-order valence-corrected chi connectivity index (χ0v) is 17.3. The molecule has 2 N–H and O–H groups in total. The Labute approximate surface area is 163 Å². The lowest BCUT2D eigenvalue weighted by Gasteiger charge is -2.35. The predicted molar refractivity (Wildman–Crippen MR) is 112 cm³/mol. The fourth-order valence-electron chi connectivity index (χ4n) is 3.78. The number of guanidine groups is 1. The molecule has 24 heavy (non-hydrogen) atoms. The number of aliphatic imine (C=N–C) groups is 1. The SMILES string of the molecule is CC1CC(C)CN(Cc2ccc(CNC3=NCCCN3)cc2)C1.I. The Bertz CT molecular complexity index is 519. The quantitative estimate of drug-likeness (QED) is 0.704. The molecular weight excluding hydrogens is 411 g/mol. The topological polar surface area (TPSA) is 39.7 Å². The third kappa shape index (κ3) is 5.92. The second-order valence-corrected chi connectivity index (χ2v) is 7.32. The van der Waals surface area contributed by atoms with E-state index in [-0.39, 0.29) is 24.0 Å². The molecule has 134 valence electrons. The summed E-state index contributed by atoms with van der Waals surface area (Å²) >= 11 is 0. The van der Waals surface area contributed by atoms with Crippen molar-refractivity contribution in [1.29, 1.82) is 0 Å². The maximum absolute atomic E-state index is 4.44. The van der Waals surface area contributed by atoms with E-state index >= 15 is 0 Å². The lowest BCUT2D eigenvalue weighted by Crippen LogP contribution is -2.40. The number of halogens is 1. The number of benzene rings is 1. The smallest absolute Gasteiger partial charge is 0.191 e. The normalized spacial score (nSPS) is 24.5. The summed E-state index contributed by atoms with van der Waals surface area (Å²) in [6, 6.07) is 9.03. The second-order valence-electron chi connectivity index (χ2n) is 7.32. The molecule has 0 saturated carbocycles. The maximum atomic E-state index is 4.44. The van der Waals surface area contributed by atoms with Gasteiger partial charge in [0.2, 0.25) is 0 Å². The first-order chi connectivity index (χ1) is 11.2. The molecule has 2 atom stereocenters. The lowest BCUT2D eigenvalue weighted by molar-refractivity contribution is 0.134. The van der Waals surface area contributed by atoms with E-state index in [1.165, 1.54) is 30.6 Å². The van der Waals surface area contributed by atoms with E-state index in [0.717, 1.165) is 50.4 Å². The van der Waals surface area contributed by atoms with Gasteiger partial charge in [-0.25, -0.2) is 0 Å². The number of nitrogens with zero attached hydrogens (tertiary/aromatic N) is 2. The van der Waals surface area contributed by atoms with E-state index in [0.29, 0.717) is 0 Å². The van der Waals surface area contributed by atoms with Gasteiger partial charge in [-0.3, -0.25) is 9.89 Å². The molecule has 2 heterocycles. The second kappa shape index (κ2) is 9.61. The van der Waals surface area contributed by atoms with Crippen molar-refractivity contribution in [3.63, 3.8) is 0 Å². The van der Waals surface area contributed by atoms with Crippen molar-refractivity contribution in [2.75, 3.05) is 26.2 Å². The van der Waals surface area contributed by atoms with Gasteiger partial charge in [-0.1, -0.05) is 38.1 Å². The summed E-state index contributed by atoms with van der Waals surface area (Å²) in [4.78, 5) is 7.05. The van der Waals surface area contributed by atoms with E-state index in [2.05, 4.69) is 58.6 Å². The van der Waals surface area contributed by atoms with Crippen LogP contribution in [0.3, 0.4) is 0 Å². The van der Waals surface area contributed by atoms with Crippen molar-refractivity contribution < 1.29 is 0 Å². The van der Waals surface area contributed by atoms with Crippen LogP contribution in [0.15, 0.2) is 29.3 Å². The van der Waals surface area contributed by atoms with E-state index in [9.17, 15) is 0 Å². The van der Waals surface area contributed by atoms with Crippen molar-refractivity contribution in [1.82, 2.24) is 15.5 Å². The molecule has 0 aromatic heterocycles. The first-order valence-electron chi connectivity index (χ1n) is 9.01. The molecule has 1 aromatic carbocycles. The van der Waals surface area contributed by atoms with Crippen molar-refractivity contribution in [2.45, 2.75) is 39.8 Å². The highest BCUT2D eigenvalue weighted by Crippen LogP contribution is 2.22. The van der Waals surface area contributed by atoms with Crippen molar-refractivity contribution in [3.05, 3.63) is 35.4 Å². The molecule has 3 rings (SSSR count). The van der Waals surface area contributed by atoms with Gasteiger partial charge in [0.1, 0.15) is 0 Å². The summed E-state index contributed by atoms with van der Waals surface area (Å²) in [6.45, 7) is 11.1. The van der Waals surface area contributed by atoms with Gasteiger partial charge < -0.3 is 10.6 Å². The summed E-state index contributed by atoms with van der Waals surface area (Å²) in [5.74, 6) is 2.59. The van der Waals surface area contributed by atoms with Gasteiger partial charge in [-0.2, -0.15) is 0 Å². The van der Waals surface area contributed by atoms with Crippen LogP contribution in [0.1, 0.15) is 37.8 Å². The number of likely N-dealkylation sites (tertiary alicyclic amines) is 1. The number of rotatable bonds is 4. The maximum Gasteiger partial charge on any atom is 0.191 e. The minimum Gasteiger partial charge on any atom is -0.356 e. The zero-order valence-electron chi connectivity index (χ0n) is 14.9. The minimum atomic E-state index is 0. The molecule has 0 amide bonds. The Morgan fingerprint density at radius 2 is 1.79 bits per heavy atom. The van der Waals surface area contributed by atoms with Crippen LogP contribution in [0.5, 0.6) is 0 Å². The van der Waals surface area contributed by atoms with E-state index in [4.69, 9.17) is 0 Å². The van der Waals surface area contributed by atoms with Crippen LogP contribution < -0.4 is 10.6 Å². The summed E-state index contributed by atoms with van der Waals surface area (Å²) < 4.78 is 0. The van der Waals surface area contributed by atoms with Gasteiger partial charge in [-0.15, -0.1) is 24.0 Å². The fourth-order valence-corrected chi connectivity index (χ4v) is 3.78. The third-order valence-electron chi connectivity index (χ3n) is 4.73. The van der Waals surface area contributed by atoms with Gasteiger partial charge in [-0.05, 0) is 35.8 Å². The highest BCUT2D eigenvalue weighted by molar-refractivity contribution is 14.0. The number of hydrogen-bond acceptors (Lipinski definition) is 4. The average Bonchev–Trinajstić information content (AvgIpc) is 2.54. The molecule has 1 aromatic rings. The van der Waals surface area contributed by atoms with Crippen LogP contribution in [0.2, 0.25) is 0 Å². The molecule has 2 unspecified atom stereocenters. The number of nitrogens with one attached hydrogen (secondary N) is 2. The molecule has 0 spiro atoms. The summed E-state index contributed by atoms with van der Waals surface area (Å²) in [7, 11) is 0. The Hall–Kier alpha value is -0.820. The Morgan fingerprint density at radius 1 is 1.12 bits per heavy atom. The predicted octanol–water partition coefficient (Wildman–Crippen LogP) is 3.22. The first-order valence-corrected chi connectivity index (χ1v) is 9.01. The molecule has 4 nitrogen and oxygen atoms in total.